The number of carbonyl (C=O) groups excluding carboxylic acids is 1. The molecule has 0 saturated heterocycles. The van der Waals surface area contributed by atoms with E-state index in [1.54, 1.807) is 0 Å². The first-order valence-corrected chi connectivity index (χ1v) is 8.65. The predicted octanol–water partition coefficient (Wildman–Crippen LogP) is 4.66. The summed E-state index contributed by atoms with van der Waals surface area (Å²) < 4.78 is 3.95. The fraction of sp³-hybridized carbons (Fsp3) is 0.167. The molecule has 0 fully saturated rings. The molecular weight excluding hydrogens is 342 g/mol. The molecule has 6 heteroatoms. The van der Waals surface area contributed by atoms with E-state index in [1.165, 1.54) is 0 Å². The highest BCUT2D eigenvalue weighted by Gasteiger charge is 2.19. The molecule has 0 radical (unpaired) electrons. The van der Waals surface area contributed by atoms with Crippen LogP contribution in [0.2, 0.25) is 5.02 Å². The Kier molecular flexibility index (Phi) is 4.92. The molecule has 1 N–H and O–H groups in total. The number of aryl methyl sites for hydroxylation is 1. The first-order valence-electron chi connectivity index (χ1n) is 7.50. The average Bonchev–Trinajstić information content (AvgIpc) is 3.06. The van der Waals surface area contributed by atoms with Crippen LogP contribution in [0.4, 0.5) is 0 Å². The summed E-state index contributed by atoms with van der Waals surface area (Å²) in [4.78, 5) is 13.1. The largest absolute Gasteiger partial charge is 0.345 e. The normalized spacial score (nSPS) is 12.0. The Morgan fingerprint density at radius 3 is 2.46 bits per heavy atom. The van der Waals surface area contributed by atoms with Crippen LogP contribution in [-0.4, -0.2) is 15.5 Å². The molecule has 24 heavy (non-hydrogen) atoms. The zero-order valence-electron chi connectivity index (χ0n) is 13.3. The molecule has 2 aromatic carbocycles. The third-order valence-corrected chi connectivity index (χ3v) is 4.71. The fourth-order valence-electron chi connectivity index (χ4n) is 2.34. The van der Waals surface area contributed by atoms with Crippen LogP contribution in [0.5, 0.6) is 0 Å². The van der Waals surface area contributed by atoms with Gasteiger partial charge in [-0.25, -0.2) is 0 Å². The van der Waals surface area contributed by atoms with Gasteiger partial charge >= 0.3 is 0 Å². The number of carbonyl (C=O) groups is 1. The van der Waals surface area contributed by atoms with Crippen molar-refractivity contribution in [2.75, 3.05) is 0 Å². The van der Waals surface area contributed by atoms with Crippen molar-refractivity contribution in [3.8, 4) is 11.3 Å². The molecule has 122 valence electrons. The second kappa shape index (κ2) is 7.11. The van der Waals surface area contributed by atoms with Gasteiger partial charge in [-0.3, -0.25) is 4.79 Å². The van der Waals surface area contributed by atoms with Crippen molar-refractivity contribution in [1.82, 2.24) is 14.9 Å². The highest BCUT2D eigenvalue weighted by atomic mass is 35.5. The second-order valence-corrected chi connectivity index (χ2v) is 6.75. The van der Waals surface area contributed by atoms with Gasteiger partial charge in [-0.05, 0) is 43.1 Å². The molecular formula is C18H16ClN3OS. The molecule has 3 aromatic rings. The SMILES string of the molecule is Cc1ccc(-c2nnsc2C(=O)NC(C)c2ccc(Cl)cc2)cc1. The van der Waals surface area contributed by atoms with Crippen LogP contribution >= 0.6 is 23.1 Å². The molecule has 1 amide bonds. The minimum absolute atomic E-state index is 0.136. The Labute approximate surface area is 149 Å². The van der Waals surface area contributed by atoms with Crippen LogP contribution in [0.25, 0.3) is 11.3 Å². The van der Waals surface area contributed by atoms with Gasteiger partial charge < -0.3 is 5.32 Å². The van der Waals surface area contributed by atoms with Gasteiger partial charge in [0, 0.05) is 10.6 Å². The number of hydrogen-bond acceptors (Lipinski definition) is 4. The lowest BCUT2D eigenvalue weighted by atomic mass is 10.1. The van der Waals surface area contributed by atoms with Crippen LogP contribution in [0, 0.1) is 6.92 Å². The Hall–Kier alpha value is -2.24. The zero-order chi connectivity index (χ0) is 17.1. The summed E-state index contributed by atoms with van der Waals surface area (Å²) in [5.74, 6) is -0.178. The lowest BCUT2D eigenvalue weighted by Crippen LogP contribution is -2.26. The standard InChI is InChI=1S/C18H16ClN3OS/c1-11-3-5-14(6-4-11)16-17(24-22-21-16)18(23)20-12(2)13-7-9-15(19)10-8-13/h3-10,12H,1-2H3,(H,20,23). The summed E-state index contributed by atoms with van der Waals surface area (Å²) in [6, 6.07) is 15.2. The van der Waals surface area contributed by atoms with E-state index >= 15 is 0 Å². The highest BCUT2D eigenvalue weighted by molar-refractivity contribution is 7.08. The summed E-state index contributed by atoms with van der Waals surface area (Å²) in [5.41, 5.74) is 3.64. The molecule has 4 nitrogen and oxygen atoms in total. The second-order valence-electron chi connectivity index (χ2n) is 5.56. The van der Waals surface area contributed by atoms with E-state index in [0.717, 1.165) is 28.2 Å². The molecule has 1 heterocycles. The molecule has 3 rings (SSSR count). The molecule has 0 aliphatic heterocycles. The lowest BCUT2D eigenvalue weighted by Gasteiger charge is -2.14. The van der Waals surface area contributed by atoms with Gasteiger partial charge in [0.25, 0.3) is 5.91 Å². The molecule has 1 aromatic heterocycles. The molecule has 0 saturated carbocycles. The molecule has 0 aliphatic carbocycles. The summed E-state index contributed by atoms with van der Waals surface area (Å²) in [6.45, 7) is 3.95. The number of benzene rings is 2. The molecule has 0 bridgehead atoms. The van der Waals surface area contributed by atoms with Gasteiger partial charge in [0.1, 0.15) is 10.6 Å². The number of nitrogens with one attached hydrogen (secondary N) is 1. The van der Waals surface area contributed by atoms with Gasteiger partial charge in [-0.1, -0.05) is 58.1 Å². The van der Waals surface area contributed by atoms with E-state index in [-0.39, 0.29) is 11.9 Å². The van der Waals surface area contributed by atoms with E-state index in [4.69, 9.17) is 11.6 Å². The van der Waals surface area contributed by atoms with Crippen LogP contribution < -0.4 is 5.32 Å². The van der Waals surface area contributed by atoms with E-state index in [1.807, 2.05) is 62.4 Å². The van der Waals surface area contributed by atoms with Crippen LogP contribution in [0.15, 0.2) is 48.5 Å². The van der Waals surface area contributed by atoms with E-state index in [9.17, 15) is 4.79 Å². The number of rotatable bonds is 4. The van der Waals surface area contributed by atoms with Gasteiger partial charge in [-0.15, -0.1) is 5.10 Å². The number of hydrogen-bond donors (Lipinski definition) is 1. The molecule has 0 aliphatic rings. The monoisotopic (exact) mass is 357 g/mol. The van der Waals surface area contributed by atoms with Crippen LogP contribution in [0.1, 0.15) is 33.8 Å². The topological polar surface area (TPSA) is 54.9 Å². The summed E-state index contributed by atoms with van der Waals surface area (Å²) in [7, 11) is 0. The maximum absolute atomic E-state index is 12.6. The van der Waals surface area contributed by atoms with Gasteiger partial charge in [-0.2, -0.15) is 0 Å². The quantitative estimate of drug-likeness (QED) is 0.738. The summed E-state index contributed by atoms with van der Waals surface area (Å²) >= 11 is 7.00. The first kappa shape index (κ1) is 16.6. The van der Waals surface area contributed by atoms with Crippen LogP contribution in [0.3, 0.4) is 0 Å². The van der Waals surface area contributed by atoms with Crippen molar-refractivity contribution in [3.63, 3.8) is 0 Å². The minimum Gasteiger partial charge on any atom is -0.345 e. The smallest absolute Gasteiger partial charge is 0.265 e. The zero-order valence-corrected chi connectivity index (χ0v) is 14.9. The predicted molar refractivity (Wildman–Crippen MR) is 97.4 cm³/mol. The maximum Gasteiger partial charge on any atom is 0.265 e. The first-order chi connectivity index (χ1) is 11.5. The van der Waals surface area contributed by atoms with E-state index in [2.05, 4.69) is 14.9 Å². The van der Waals surface area contributed by atoms with E-state index < -0.39 is 0 Å². The van der Waals surface area contributed by atoms with Crippen molar-refractivity contribution in [2.45, 2.75) is 19.9 Å². The van der Waals surface area contributed by atoms with Gasteiger partial charge in [0.05, 0.1) is 6.04 Å². The van der Waals surface area contributed by atoms with Crippen molar-refractivity contribution in [3.05, 3.63) is 69.6 Å². The Balaban J connectivity index is 1.80. The Morgan fingerprint density at radius 1 is 1.12 bits per heavy atom. The summed E-state index contributed by atoms with van der Waals surface area (Å²) in [5, 5.41) is 7.78. The number of amides is 1. The third-order valence-electron chi connectivity index (χ3n) is 3.74. The van der Waals surface area contributed by atoms with Gasteiger partial charge in [0.2, 0.25) is 0 Å². The third kappa shape index (κ3) is 3.63. The van der Waals surface area contributed by atoms with Crippen molar-refractivity contribution < 1.29 is 4.79 Å². The summed E-state index contributed by atoms with van der Waals surface area (Å²) in [6.07, 6.45) is 0. The molecule has 1 unspecified atom stereocenters. The van der Waals surface area contributed by atoms with E-state index in [0.29, 0.717) is 15.6 Å². The minimum atomic E-state index is -0.178. The Morgan fingerprint density at radius 2 is 1.79 bits per heavy atom. The van der Waals surface area contributed by atoms with Crippen molar-refractivity contribution >= 4 is 29.0 Å². The van der Waals surface area contributed by atoms with Gasteiger partial charge in [0.15, 0.2) is 0 Å². The number of nitrogens with zero attached hydrogens (tertiary/aromatic N) is 2. The Bertz CT molecular complexity index is 843. The highest BCUT2D eigenvalue weighted by Crippen LogP contribution is 2.25. The number of aromatic nitrogens is 2. The van der Waals surface area contributed by atoms with Crippen molar-refractivity contribution in [1.29, 1.82) is 0 Å². The van der Waals surface area contributed by atoms with Crippen molar-refractivity contribution in [2.24, 2.45) is 0 Å². The fourth-order valence-corrected chi connectivity index (χ4v) is 3.05. The van der Waals surface area contributed by atoms with Crippen LogP contribution in [-0.2, 0) is 0 Å². The molecule has 0 spiro atoms. The average molecular weight is 358 g/mol. The number of halogens is 1. The lowest BCUT2D eigenvalue weighted by molar-refractivity contribution is 0.0944. The molecule has 1 atom stereocenters. The maximum atomic E-state index is 12.6.